The Kier molecular flexibility index (Phi) is 6.10. The van der Waals surface area contributed by atoms with E-state index in [0.29, 0.717) is 6.54 Å². The normalized spacial score (nSPS) is 10.2. The molecule has 1 amide bonds. The fraction of sp³-hybridized carbons (Fsp3) is 0.833. The van der Waals surface area contributed by atoms with Crippen LogP contribution in [0.25, 0.3) is 0 Å². The zero-order valence-corrected chi connectivity index (χ0v) is 8.37. The SMILES string of the molecule is CO[SiH](CCNC(C)=O)OC. The van der Waals surface area contributed by atoms with Gasteiger partial charge in [-0.25, -0.2) is 0 Å². The van der Waals surface area contributed by atoms with Crippen molar-refractivity contribution in [3.8, 4) is 0 Å². The van der Waals surface area contributed by atoms with Gasteiger partial charge in [-0.2, -0.15) is 0 Å². The minimum absolute atomic E-state index is 0.00930. The van der Waals surface area contributed by atoms with Gasteiger partial charge in [0.1, 0.15) is 0 Å². The van der Waals surface area contributed by atoms with Crippen LogP contribution in [0.5, 0.6) is 0 Å². The number of hydrogen-bond donors (Lipinski definition) is 1. The maximum Gasteiger partial charge on any atom is 0.322 e. The van der Waals surface area contributed by atoms with Crippen molar-refractivity contribution in [1.82, 2.24) is 5.32 Å². The zero-order valence-electron chi connectivity index (χ0n) is 7.22. The van der Waals surface area contributed by atoms with Crippen LogP contribution < -0.4 is 5.32 Å². The smallest absolute Gasteiger partial charge is 0.322 e. The molecule has 4 nitrogen and oxygen atoms in total. The molecule has 0 unspecified atom stereocenters. The Morgan fingerprint density at radius 3 is 2.36 bits per heavy atom. The molecule has 0 saturated carbocycles. The van der Waals surface area contributed by atoms with Gasteiger partial charge in [0.25, 0.3) is 0 Å². The summed E-state index contributed by atoms with van der Waals surface area (Å²) in [6.07, 6.45) is 0. The summed E-state index contributed by atoms with van der Waals surface area (Å²) in [6, 6.07) is 0.812. The van der Waals surface area contributed by atoms with Crippen LogP contribution in [0.4, 0.5) is 0 Å². The molecule has 0 aliphatic carbocycles. The summed E-state index contributed by atoms with van der Waals surface area (Å²) in [7, 11) is 1.80. The molecule has 0 spiro atoms. The van der Waals surface area contributed by atoms with Gasteiger partial charge in [-0.1, -0.05) is 0 Å². The summed E-state index contributed by atoms with van der Waals surface area (Å²) in [5.41, 5.74) is 0. The Labute approximate surface area is 68.7 Å². The van der Waals surface area contributed by atoms with Crippen LogP contribution in [0, 0.1) is 0 Å². The second kappa shape index (κ2) is 6.33. The van der Waals surface area contributed by atoms with E-state index in [1.54, 1.807) is 14.2 Å². The highest BCUT2D eigenvalue weighted by Gasteiger charge is 2.07. The van der Waals surface area contributed by atoms with Crippen LogP contribution >= 0.6 is 0 Å². The summed E-state index contributed by atoms with van der Waals surface area (Å²) in [4.78, 5) is 10.4. The van der Waals surface area contributed by atoms with Gasteiger partial charge in [-0.15, -0.1) is 0 Å². The highest BCUT2D eigenvalue weighted by Crippen LogP contribution is 1.91. The largest absolute Gasteiger partial charge is 0.400 e. The lowest BCUT2D eigenvalue weighted by molar-refractivity contribution is -0.118. The third-order valence-electron chi connectivity index (χ3n) is 1.28. The van der Waals surface area contributed by atoms with Crippen molar-refractivity contribution in [3.63, 3.8) is 0 Å². The standard InChI is InChI=1S/C6H15NO3Si/c1-6(8)7-4-5-11(9-2)10-3/h11H,4-5H2,1-3H3,(H,7,8). The van der Waals surface area contributed by atoms with Crippen molar-refractivity contribution in [2.75, 3.05) is 20.8 Å². The molecule has 0 rings (SSSR count). The molecule has 11 heavy (non-hydrogen) atoms. The fourth-order valence-corrected chi connectivity index (χ4v) is 1.74. The van der Waals surface area contributed by atoms with Gasteiger partial charge in [0, 0.05) is 33.7 Å². The maximum absolute atomic E-state index is 10.4. The lowest BCUT2D eigenvalue weighted by Crippen LogP contribution is -2.28. The van der Waals surface area contributed by atoms with Crippen molar-refractivity contribution in [3.05, 3.63) is 0 Å². The van der Waals surface area contributed by atoms with Gasteiger partial charge in [-0.3, -0.25) is 4.79 Å². The van der Waals surface area contributed by atoms with Crippen molar-refractivity contribution >= 4 is 15.2 Å². The molecule has 0 aliphatic rings. The summed E-state index contributed by atoms with van der Waals surface area (Å²) in [6.45, 7) is 2.14. The number of hydrogen-bond acceptors (Lipinski definition) is 3. The molecule has 0 saturated heterocycles. The van der Waals surface area contributed by atoms with Gasteiger partial charge in [0.15, 0.2) is 0 Å². The van der Waals surface area contributed by atoms with Crippen LogP contribution in [0.2, 0.25) is 6.04 Å². The second-order valence-corrected chi connectivity index (χ2v) is 4.55. The third-order valence-corrected chi connectivity index (χ3v) is 3.09. The van der Waals surface area contributed by atoms with Gasteiger partial charge in [-0.05, 0) is 0 Å². The second-order valence-electron chi connectivity index (χ2n) is 2.17. The first-order chi connectivity index (χ1) is 5.20. The van der Waals surface area contributed by atoms with Crippen LogP contribution in [0.1, 0.15) is 6.92 Å². The average Bonchev–Trinajstić information content (AvgIpc) is 1.98. The van der Waals surface area contributed by atoms with Gasteiger partial charge in [0.05, 0.1) is 0 Å². The molecule has 0 aromatic heterocycles. The molecule has 0 aromatic carbocycles. The molecule has 0 bridgehead atoms. The lowest BCUT2D eigenvalue weighted by atomic mass is 10.6. The maximum atomic E-state index is 10.4. The molecule has 0 fully saturated rings. The number of nitrogens with one attached hydrogen (secondary N) is 1. The van der Waals surface area contributed by atoms with Crippen LogP contribution in [0.3, 0.4) is 0 Å². The number of carbonyl (C=O) groups is 1. The number of carbonyl (C=O) groups excluding carboxylic acids is 1. The molecule has 66 valence electrons. The first kappa shape index (κ1) is 10.6. The Balaban J connectivity index is 3.28. The Morgan fingerprint density at radius 2 is 2.00 bits per heavy atom. The molecule has 0 aliphatic heterocycles. The molecule has 0 atom stereocenters. The summed E-state index contributed by atoms with van der Waals surface area (Å²) in [5, 5.41) is 2.68. The zero-order chi connectivity index (χ0) is 8.69. The van der Waals surface area contributed by atoms with E-state index in [1.165, 1.54) is 6.92 Å². The molecule has 5 heteroatoms. The highest BCUT2D eigenvalue weighted by atomic mass is 28.3. The van der Waals surface area contributed by atoms with Crippen molar-refractivity contribution in [2.45, 2.75) is 13.0 Å². The third kappa shape index (κ3) is 6.02. The Morgan fingerprint density at radius 1 is 1.45 bits per heavy atom. The molecular formula is C6H15NO3Si. The van der Waals surface area contributed by atoms with Gasteiger partial charge >= 0.3 is 9.28 Å². The predicted molar refractivity (Wildman–Crippen MR) is 44.7 cm³/mol. The average molecular weight is 177 g/mol. The summed E-state index contributed by atoms with van der Waals surface area (Å²) >= 11 is 0. The monoisotopic (exact) mass is 177 g/mol. The van der Waals surface area contributed by atoms with E-state index in [4.69, 9.17) is 8.85 Å². The quantitative estimate of drug-likeness (QED) is 0.583. The molecule has 1 N–H and O–H groups in total. The van der Waals surface area contributed by atoms with Crippen LogP contribution in [-0.2, 0) is 13.6 Å². The molecular weight excluding hydrogens is 162 g/mol. The van der Waals surface area contributed by atoms with Gasteiger partial charge < -0.3 is 14.2 Å². The minimum atomic E-state index is -1.47. The predicted octanol–water partition coefficient (Wildman–Crippen LogP) is -0.364. The summed E-state index contributed by atoms with van der Waals surface area (Å²) in [5.74, 6) is -0.00930. The first-order valence-corrected chi connectivity index (χ1v) is 5.26. The fourth-order valence-electron chi connectivity index (χ4n) is 0.698. The van der Waals surface area contributed by atoms with E-state index in [-0.39, 0.29) is 5.91 Å². The Bertz CT molecular complexity index is 116. The van der Waals surface area contributed by atoms with Crippen molar-refractivity contribution < 1.29 is 13.6 Å². The number of amides is 1. The van der Waals surface area contributed by atoms with Gasteiger partial charge in [0.2, 0.25) is 5.91 Å². The Hall–Kier alpha value is -0.393. The van der Waals surface area contributed by atoms with Crippen LogP contribution in [-0.4, -0.2) is 36.0 Å². The minimum Gasteiger partial charge on any atom is -0.400 e. The first-order valence-electron chi connectivity index (χ1n) is 3.50. The highest BCUT2D eigenvalue weighted by molar-refractivity contribution is 6.44. The van der Waals surface area contributed by atoms with Crippen molar-refractivity contribution in [2.24, 2.45) is 0 Å². The number of rotatable bonds is 5. The van der Waals surface area contributed by atoms with Crippen molar-refractivity contribution in [1.29, 1.82) is 0 Å². The molecule has 0 heterocycles. The van der Waals surface area contributed by atoms with E-state index < -0.39 is 9.28 Å². The van der Waals surface area contributed by atoms with E-state index in [1.807, 2.05) is 0 Å². The van der Waals surface area contributed by atoms with E-state index in [2.05, 4.69) is 5.32 Å². The molecule has 0 radical (unpaired) electrons. The topological polar surface area (TPSA) is 47.6 Å². The lowest BCUT2D eigenvalue weighted by Gasteiger charge is -2.10. The summed E-state index contributed by atoms with van der Waals surface area (Å²) < 4.78 is 10.1. The van der Waals surface area contributed by atoms with Crippen LogP contribution in [0.15, 0.2) is 0 Å². The van der Waals surface area contributed by atoms with E-state index in [9.17, 15) is 4.79 Å². The van der Waals surface area contributed by atoms with E-state index >= 15 is 0 Å². The van der Waals surface area contributed by atoms with E-state index in [0.717, 1.165) is 6.04 Å². The molecule has 0 aromatic rings.